The van der Waals surface area contributed by atoms with Crippen LogP contribution >= 0.6 is 11.3 Å². The highest BCUT2D eigenvalue weighted by Gasteiger charge is 2.28. The van der Waals surface area contributed by atoms with Gasteiger partial charge in [-0.05, 0) is 37.6 Å². The van der Waals surface area contributed by atoms with Crippen LogP contribution in [0.2, 0.25) is 0 Å². The fourth-order valence-electron chi connectivity index (χ4n) is 3.26. The molecule has 1 aromatic heterocycles. The van der Waals surface area contributed by atoms with Crippen LogP contribution in [0, 0.1) is 17.0 Å². The molecule has 0 bridgehead atoms. The fraction of sp³-hybridized carbons (Fsp3) is 0.167. The van der Waals surface area contributed by atoms with Crippen LogP contribution in [0.1, 0.15) is 53.2 Å². The number of amides is 2. The Morgan fingerprint density at radius 1 is 1.00 bits per heavy atom. The molecule has 0 aliphatic heterocycles. The Bertz CT molecular complexity index is 1370. The molecule has 0 aliphatic carbocycles. The van der Waals surface area contributed by atoms with Crippen molar-refractivity contribution in [2.75, 3.05) is 24.4 Å². The van der Waals surface area contributed by atoms with Crippen LogP contribution in [0.25, 0.3) is 0 Å². The number of anilines is 2. The predicted octanol–water partition coefficient (Wildman–Crippen LogP) is 4.43. The molecular weight excluding hydrogens is 490 g/mol. The zero-order valence-electron chi connectivity index (χ0n) is 19.4. The number of methoxy groups -OCH3 is 1. The standard InChI is InChI=1S/C24H21N3O8S/c1-4-35-24(31)18-13(2)19(21(29)25-17-11-6-5-10-16(17)23(30)34-3)36-22(18)26-20(28)14-8-7-9-15(12-14)27(32)33/h5-12H,4H2,1-3H3,(H,25,29)(H,26,28). The number of nitrogens with one attached hydrogen (secondary N) is 2. The Morgan fingerprint density at radius 3 is 2.39 bits per heavy atom. The number of esters is 2. The molecule has 186 valence electrons. The highest BCUT2D eigenvalue weighted by atomic mass is 32.1. The van der Waals surface area contributed by atoms with Gasteiger partial charge in [-0.2, -0.15) is 0 Å². The molecule has 0 atom stereocenters. The van der Waals surface area contributed by atoms with Crippen molar-refractivity contribution in [3.05, 3.63) is 85.8 Å². The molecule has 0 spiro atoms. The van der Waals surface area contributed by atoms with Crippen molar-refractivity contribution in [3.8, 4) is 0 Å². The van der Waals surface area contributed by atoms with Crippen LogP contribution in [-0.4, -0.2) is 42.4 Å². The molecule has 0 aliphatic rings. The largest absolute Gasteiger partial charge is 0.465 e. The molecule has 11 nitrogen and oxygen atoms in total. The van der Waals surface area contributed by atoms with Crippen LogP contribution in [0.5, 0.6) is 0 Å². The summed E-state index contributed by atoms with van der Waals surface area (Å²) in [6, 6.07) is 11.3. The monoisotopic (exact) mass is 511 g/mol. The minimum absolute atomic E-state index is 0.0110. The topological polar surface area (TPSA) is 154 Å². The number of hydrogen-bond acceptors (Lipinski definition) is 9. The van der Waals surface area contributed by atoms with E-state index in [1.165, 1.54) is 44.4 Å². The molecular formula is C24H21N3O8S. The average molecular weight is 512 g/mol. The molecule has 0 radical (unpaired) electrons. The van der Waals surface area contributed by atoms with E-state index < -0.39 is 28.7 Å². The lowest BCUT2D eigenvalue weighted by Gasteiger charge is -2.09. The summed E-state index contributed by atoms with van der Waals surface area (Å²) >= 11 is 0.826. The lowest BCUT2D eigenvalue weighted by atomic mass is 10.1. The predicted molar refractivity (Wildman–Crippen MR) is 132 cm³/mol. The minimum atomic E-state index is -0.755. The summed E-state index contributed by atoms with van der Waals surface area (Å²) in [5, 5.41) is 16.3. The van der Waals surface area contributed by atoms with Crippen molar-refractivity contribution < 1.29 is 33.6 Å². The van der Waals surface area contributed by atoms with Crippen molar-refractivity contribution in [3.63, 3.8) is 0 Å². The van der Waals surface area contributed by atoms with Crippen LogP contribution in [0.4, 0.5) is 16.4 Å². The Balaban J connectivity index is 1.98. The van der Waals surface area contributed by atoms with E-state index in [2.05, 4.69) is 10.6 Å². The van der Waals surface area contributed by atoms with Gasteiger partial charge >= 0.3 is 11.9 Å². The maximum absolute atomic E-state index is 13.1. The van der Waals surface area contributed by atoms with Crippen molar-refractivity contribution in [2.24, 2.45) is 0 Å². The lowest BCUT2D eigenvalue weighted by molar-refractivity contribution is -0.384. The quantitative estimate of drug-likeness (QED) is 0.256. The number of nitro benzene ring substituents is 1. The van der Waals surface area contributed by atoms with Gasteiger partial charge in [-0.15, -0.1) is 11.3 Å². The van der Waals surface area contributed by atoms with E-state index in [-0.39, 0.29) is 50.1 Å². The molecule has 0 unspecified atom stereocenters. The number of ether oxygens (including phenoxy) is 2. The van der Waals surface area contributed by atoms with Gasteiger partial charge in [0.2, 0.25) is 0 Å². The van der Waals surface area contributed by atoms with Gasteiger partial charge in [-0.1, -0.05) is 18.2 Å². The van der Waals surface area contributed by atoms with Crippen molar-refractivity contribution >= 4 is 51.5 Å². The highest BCUT2D eigenvalue weighted by Crippen LogP contribution is 2.35. The normalized spacial score (nSPS) is 10.3. The summed E-state index contributed by atoms with van der Waals surface area (Å²) in [5.41, 5.74) is 0.269. The van der Waals surface area contributed by atoms with Gasteiger partial charge in [0.25, 0.3) is 17.5 Å². The highest BCUT2D eigenvalue weighted by molar-refractivity contribution is 7.19. The number of nitro groups is 1. The molecule has 3 aromatic rings. The molecule has 2 aromatic carbocycles. The van der Waals surface area contributed by atoms with Crippen molar-refractivity contribution in [1.82, 2.24) is 0 Å². The molecule has 12 heteroatoms. The van der Waals surface area contributed by atoms with Gasteiger partial charge in [-0.25, -0.2) is 9.59 Å². The number of carbonyl (C=O) groups excluding carboxylic acids is 4. The molecule has 2 amide bonds. The summed E-state index contributed by atoms with van der Waals surface area (Å²) in [6.45, 7) is 3.19. The smallest absolute Gasteiger partial charge is 0.341 e. The number of benzene rings is 2. The van der Waals surface area contributed by atoms with Gasteiger partial charge in [0, 0.05) is 17.7 Å². The number of hydrogen-bond donors (Lipinski definition) is 2. The number of non-ortho nitro benzene ring substituents is 1. The van der Waals surface area contributed by atoms with Crippen LogP contribution in [0.15, 0.2) is 48.5 Å². The first kappa shape index (κ1) is 26.0. The summed E-state index contributed by atoms with van der Waals surface area (Å²) in [6.07, 6.45) is 0. The van der Waals surface area contributed by atoms with E-state index in [9.17, 15) is 29.3 Å². The zero-order valence-corrected chi connectivity index (χ0v) is 20.3. The Morgan fingerprint density at radius 2 is 1.72 bits per heavy atom. The van der Waals surface area contributed by atoms with Gasteiger partial charge in [0.05, 0.1) is 40.3 Å². The summed E-state index contributed by atoms with van der Waals surface area (Å²) in [5.74, 6) is -2.75. The molecule has 0 fully saturated rings. The third-order valence-electron chi connectivity index (χ3n) is 4.96. The Hall–Kier alpha value is -4.58. The number of nitrogens with zero attached hydrogens (tertiary/aromatic N) is 1. The second-order valence-corrected chi connectivity index (χ2v) is 8.25. The first-order valence-electron chi connectivity index (χ1n) is 10.5. The van der Waals surface area contributed by atoms with Crippen LogP contribution in [0.3, 0.4) is 0 Å². The number of carbonyl (C=O) groups is 4. The van der Waals surface area contributed by atoms with Crippen LogP contribution in [-0.2, 0) is 9.47 Å². The number of rotatable bonds is 8. The lowest BCUT2D eigenvalue weighted by Crippen LogP contribution is -2.16. The second-order valence-electron chi connectivity index (χ2n) is 7.23. The second kappa shape index (κ2) is 11.2. The van der Waals surface area contributed by atoms with Crippen LogP contribution < -0.4 is 10.6 Å². The molecule has 1 heterocycles. The number of para-hydroxylation sites is 1. The molecule has 0 saturated carbocycles. The molecule has 0 saturated heterocycles. The van der Waals surface area contributed by atoms with E-state index in [0.29, 0.717) is 0 Å². The van der Waals surface area contributed by atoms with Crippen molar-refractivity contribution in [2.45, 2.75) is 13.8 Å². The molecule has 36 heavy (non-hydrogen) atoms. The van der Waals surface area contributed by atoms with Gasteiger partial charge in [0.15, 0.2) is 0 Å². The zero-order chi connectivity index (χ0) is 26.4. The van der Waals surface area contributed by atoms with E-state index in [1.807, 2.05) is 0 Å². The van der Waals surface area contributed by atoms with Crippen molar-refractivity contribution in [1.29, 1.82) is 0 Å². The van der Waals surface area contributed by atoms with E-state index in [4.69, 9.17) is 9.47 Å². The molecule has 2 N–H and O–H groups in total. The number of thiophene rings is 1. The summed E-state index contributed by atoms with van der Waals surface area (Å²) in [7, 11) is 1.21. The summed E-state index contributed by atoms with van der Waals surface area (Å²) < 4.78 is 9.84. The third-order valence-corrected chi connectivity index (χ3v) is 6.17. The first-order chi connectivity index (χ1) is 17.2. The average Bonchev–Trinajstić information content (AvgIpc) is 3.19. The van der Waals surface area contributed by atoms with E-state index in [0.717, 1.165) is 17.4 Å². The minimum Gasteiger partial charge on any atom is -0.465 e. The third kappa shape index (κ3) is 5.55. The van der Waals surface area contributed by atoms with Gasteiger partial charge < -0.3 is 20.1 Å². The maximum Gasteiger partial charge on any atom is 0.341 e. The first-order valence-corrected chi connectivity index (χ1v) is 11.3. The fourth-order valence-corrected chi connectivity index (χ4v) is 4.35. The summed E-state index contributed by atoms with van der Waals surface area (Å²) in [4.78, 5) is 61.2. The molecule has 3 rings (SSSR count). The van der Waals surface area contributed by atoms with E-state index in [1.54, 1.807) is 19.1 Å². The van der Waals surface area contributed by atoms with E-state index >= 15 is 0 Å². The Kier molecular flexibility index (Phi) is 8.12. The Labute approximate surface area is 209 Å². The van der Waals surface area contributed by atoms with Gasteiger partial charge in [0.1, 0.15) is 5.00 Å². The maximum atomic E-state index is 13.1. The van der Waals surface area contributed by atoms with Gasteiger partial charge in [-0.3, -0.25) is 19.7 Å². The SMILES string of the molecule is CCOC(=O)c1c(NC(=O)c2cccc([N+](=O)[O-])c2)sc(C(=O)Nc2ccccc2C(=O)OC)c1C.